The van der Waals surface area contributed by atoms with E-state index in [0.29, 0.717) is 5.02 Å². The third kappa shape index (κ3) is 3.04. The topological polar surface area (TPSA) is 95.0 Å². The van der Waals surface area contributed by atoms with Crippen LogP contribution in [0.1, 0.15) is 21.0 Å². The molecule has 0 saturated heterocycles. The predicted molar refractivity (Wildman–Crippen MR) is 70.8 cm³/mol. The van der Waals surface area contributed by atoms with Crippen LogP contribution in [0, 0.1) is 0 Å². The summed E-state index contributed by atoms with van der Waals surface area (Å²) < 4.78 is 0. The van der Waals surface area contributed by atoms with Crippen LogP contribution < -0.4 is 10.4 Å². The molecule has 1 heterocycles. The van der Waals surface area contributed by atoms with E-state index in [1.54, 1.807) is 6.07 Å². The Kier molecular flexibility index (Phi) is 4.16. The van der Waals surface area contributed by atoms with Gasteiger partial charge in [0.05, 0.1) is 16.7 Å². The van der Waals surface area contributed by atoms with Gasteiger partial charge >= 0.3 is 0 Å². The number of nitrogens with zero attached hydrogens (tertiary/aromatic N) is 2. The van der Waals surface area contributed by atoms with Crippen LogP contribution in [0.4, 0.5) is 5.69 Å². The Balaban J connectivity index is 2.33. The zero-order valence-corrected chi connectivity index (χ0v) is 11.3. The van der Waals surface area contributed by atoms with Crippen LogP contribution in [-0.2, 0) is 0 Å². The first-order valence-electron chi connectivity index (χ1n) is 5.28. The standard InChI is InChI=1S/C12H7Cl2N3O3/c13-6-1-2-7(14)8(5-6)17-11(18)9-10(12(19)20)16-4-3-15-9/h1-5H,(H,17,18)(H,19,20)/p-1. The molecule has 20 heavy (non-hydrogen) atoms. The van der Waals surface area contributed by atoms with E-state index in [2.05, 4.69) is 15.3 Å². The van der Waals surface area contributed by atoms with E-state index >= 15 is 0 Å². The number of hydrogen-bond donors (Lipinski definition) is 1. The molecule has 6 nitrogen and oxygen atoms in total. The number of halogens is 2. The number of hydrogen-bond acceptors (Lipinski definition) is 5. The van der Waals surface area contributed by atoms with Crippen molar-refractivity contribution in [1.29, 1.82) is 0 Å². The molecule has 0 saturated carbocycles. The number of benzene rings is 1. The van der Waals surface area contributed by atoms with Gasteiger partial charge < -0.3 is 15.2 Å². The fraction of sp³-hybridized carbons (Fsp3) is 0. The fourth-order valence-electron chi connectivity index (χ4n) is 1.43. The van der Waals surface area contributed by atoms with Crippen molar-refractivity contribution in [3.63, 3.8) is 0 Å². The number of carboxylic acids is 1. The average Bonchev–Trinajstić information content (AvgIpc) is 2.42. The molecule has 0 aliphatic carbocycles. The highest BCUT2D eigenvalue weighted by Crippen LogP contribution is 2.25. The molecule has 0 fully saturated rings. The average molecular weight is 311 g/mol. The van der Waals surface area contributed by atoms with E-state index in [0.717, 1.165) is 6.20 Å². The summed E-state index contributed by atoms with van der Waals surface area (Å²) in [7, 11) is 0. The SMILES string of the molecule is O=C([O-])c1nccnc1C(=O)Nc1cc(Cl)ccc1Cl. The highest BCUT2D eigenvalue weighted by molar-refractivity contribution is 6.35. The molecule has 0 unspecified atom stereocenters. The summed E-state index contributed by atoms with van der Waals surface area (Å²) in [4.78, 5) is 30.1. The molecule has 102 valence electrons. The summed E-state index contributed by atoms with van der Waals surface area (Å²) in [6, 6.07) is 4.47. The summed E-state index contributed by atoms with van der Waals surface area (Å²) in [5, 5.41) is 13.9. The van der Waals surface area contributed by atoms with Crippen molar-refractivity contribution in [1.82, 2.24) is 9.97 Å². The minimum atomic E-state index is -1.60. The maximum Gasteiger partial charge on any atom is 0.276 e. The summed E-state index contributed by atoms with van der Waals surface area (Å²) in [5.74, 6) is -2.37. The van der Waals surface area contributed by atoms with E-state index in [4.69, 9.17) is 23.2 Å². The molecule has 1 N–H and O–H groups in total. The monoisotopic (exact) mass is 310 g/mol. The van der Waals surface area contributed by atoms with Gasteiger partial charge in [0.25, 0.3) is 5.91 Å². The van der Waals surface area contributed by atoms with Crippen molar-refractivity contribution in [2.45, 2.75) is 0 Å². The van der Waals surface area contributed by atoms with Crippen molar-refractivity contribution in [2.75, 3.05) is 5.32 Å². The first-order chi connectivity index (χ1) is 9.49. The molecule has 0 spiro atoms. The van der Waals surface area contributed by atoms with Crippen LogP contribution in [0.15, 0.2) is 30.6 Å². The van der Waals surface area contributed by atoms with E-state index in [1.807, 2.05) is 0 Å². The number of rotatable bonds is 3. The van der Waals surface area contributed by atoms with Crippen LogP contribution in [0.25, 0.3) is 0 Å². The van der Waals surface area contributed by atoms with Crippen molar-refractivity contribution >= 4 is 40.8 Å². The Hall–Kier alpha value is -2.18. The van der Waals surface area contributed by atoms with Gasteiger partial charge in [0.15, 0.2) is 5.69 Å². The number of amides is 1. The number of aromatic carboxylic acids is 1. The summed E-state index contributed by atoms with van der Waals surface area (Å²) in [5.41, 5.74) is -0.689. The highest BCUT2D eigenvalue weighted by Gasteiger charge is 2.16. The van der Waals surface area contributed by atoms with Gasteiger partial charge in [0.2, 0.25) is 0 Å². The molecule has 1 amide bonds. The van der Waals surface area contributed by atoms with Crippen molar-refractivity contribution < 1.29 is 14.7 Å². The van der Waals surface area contributed by atoms with E-state index in [-0.39, 0.29) is 16.4 Å². The van der Waals surface area contributed by atoms with Crippen LogP contribution in [0.2, 0.25) is 10.0 Å². The van der Waals surface area contributed by atoms with Gasteiger partial charge in [-0.25, -0.2) is 4.98 Å². The summed E-state index contributed by atoms with van der Waals surface area (Å²) in [6.07, 6.45) is 2.34. The van der Waals surface area contributed by atoms with Gasteiger partial charge in [-0.3, -0.25) is 9.78 Å². The normalized spacial score (nSPS) is 10.1. The lowest BCUT2D eigenvalue weighted by Gasteiger charge is -2.10. The number of carbonyl (C=O) groups is 2. The van der Waals surface area contributed by atoms with Crippen molar-refractivity contribution in [3.8, 4) is 0 Å². The van der Waals surface area contributed by atoms with Gasteiger partial charge in [-0.2, -0.15) is 0 Å². The van der Waals surface area contributed by atoms with Gasteiger partial charge in [-0.1, -0.05) is 23.2 Å². The smallest absolute Gasteiger partial charge is 0.276 e. The number of aromatic nitrogens is 2. The molecule has 1 aromatic carbocycles. The van der Waals surface area contributed by atoms with Crippen molar-refractivity contribution in [3.05, 3.63) is 52.0 Å². The summed E-state index contributed by atoms with van der Waals surface area (Å²) in [6.45, 7) is 0. The Bertz CT molecular complexity index is 691. The van der Waals surface area contributed by atoms with Gasteiger partial charge in [0.1, 0.15) is 5.69 Å². The maximum atomic E-state index is 12.0. The van der Waals surface area contributed by atoms with Crippen LogP contribution in [-0.4, -0.2) is 21.8 Å². The quantitative estimate of drug-likeness (QED) is 0.924. The summed E-state index contributed by atoms with van der Waals surface area (Å²) >= 11 is 11.7. The van der Waals surface area contributed by atoms with Crippen LogP contribution >= 0.6 is 23.2 Å². The Morgan fingerprint density at radius 1 is 1.10 bits per heavy atom. The zero-order chi connectivity index (χ0) is 14.7. The second-order valence-electron chi connectivity index (χ2n) is 3.62. The molecule has 1 aromatic heterocycles. The number of nitrogens with one attached hydrogen (secondary N) is 1. The largest absolute Gasteiger partial charge is 0.543 e. The minimum absolute atomic E-state index is 0.235. The maximum absolute atomic E-state index is 12.0. The molecule has 0 atom stereocenters. The molecule has 0 bridgehead atoms. The Labute approximate surface area is 123 Å². The van der Waals surface area contributed by atoms with Crippen molar-refractivity contribution in [2.24, 2.45) is 0 Å². The molecular formula is C12H6Cl2N3O3-. The minimum Gasteiger partial charge on any atom is -0.543 e. The van der Waals surface area contributed by atoms with E-state index < -0.39 is 17.6 Å². The number of carbonyl (C=O) groups excluding carboxylic acids is 2. The first kappa shape index (κ1) is 14.2. The molecule has 2 aromatic rings. The fourth-order valence-corrected chi connectivity index (χ4v) is 1.77. The molecule has 8 heteroatoms. The highest BCUT2D eigenvalue weighted by atomic mass is 35.5. The molecule has 0 aliphatic heterocycles. The first-order valence-corrected chi connectivity index (χ1v) is 6.03. The Morgan fingerprint density at radius 2 is 1.75 bits per heavy atom. The lowest BCUT2D eigenvalue weighted by Crippen LogP contribution is -2.28. The third-order valence-corrected chi connectivity index (χ3v) is 2.85. The molecule has 0 radical (unpaired) electrons. The number of anilines is 1. The van der Waals surface area contributed by atoms with Crippen LogP contribution in [0.3, 0.4) is 0 Å². The molecular weight excluding hydrogens is 305 g/mol. The van der Waals surface area contributed by atoms with E-state index in [9.17, 15) is 14.7 Å². The van der Waals surface area contributed by atoms with Gasteiger partial charge in [-0.15, -0.1) is 0 Å². The lowest BCUT2D eigenvalue weighted by molar-refractivity contribution is -0.255. The second-order valence-corrected chi connectivity index (χ2v) is 4.46. The van der Waals surface area contributed by atoms with E-state index in [1.165, 1.54) is 18.3 Å². The molecule has 2 rings (SSSR count). The Morgan fingerprint density at radius 3 is 2.40 bits per heavy atom. The van der Waals surface area contributed by atoms with Gasteiger partial charge in [-0.05, 0) is 18.2 Å². The van der Waals surface area contributed by atoms with Gasteiger partial charge in [0, 0.05) is 17.4 Å². The van der Waals surface area contributed by atoms with Crippen LogP contribution in [0.5, 0.6) is 0 Å². The number of carboxylic acid groups (broad SMARTS) is 1. The molecule has 0 aliphatic rings. The zero-order valence-electron chi connectivity index (χ0n) is 9.76. The predicted octanol–water partition coefficient (Wildman–Crippen LogP) is 1.40. The second kappa shape index (κ2) is 5.85. The lowest BCUT2D eigenvalue weighted by atomic mass is 10.2. The third-order valence-electron chi connectivity index (χ3n) is 2.28.